The van der Waals surface area contributed by atoms with Crippen LogP contribution in [0.4, 0.5) is 8.78 Å². The fraction of sp³-hybridized carbons (Fsp3) is 0.500. The van der Waals surface area contributed by atoms with Gasteiger partial charge in [-0.15, -0.1) is 24.0 Å². The molecule has 138 valence electrons. The molecule has 0 radical (unpaired) electrons. The molecule has 3 N–H and O–H groups in total. The van der Waals surface area contributed by atoms with Gasteiger partial charge in [0.2, 0.25) is 10.0 Å². The van der Waals surface area contributed by atoms with E-state index in [1.807, 2.05) is 0 Å². The molecule has 1 aromatic carbocycles. The summed E-state index contributed by atoms with van der Waals surface area (Å²) < 4.78 is 51.5. The predicted octanol–water partition coefficient (Wildman–Crippen LogP) is 1.58. The number of halogens is 3. The highest BCUT2D eigenvalue weighted by atomic mass is 127. The van der Waals surface area contributed by atoms with E-state index in [-0.39, 0.29) is 41.8 Å². The monoisotopic (exact) mass is 476 g/mol. The Labute approximate surface area is 158 Å². The van der Waals surface area contributed by atoms with E-state index in [9.17, 15) is 17.2 Å². The zero-order valence-corrected chi connectivity index (χ0v) is 16.8. The second-order valence-electron chi connectivity index (χ2n) is 4.74. The summed E-state index contributed by atoms with van der Waals surface area (Å²) in [7, 11) is -1.63. The van der Waals surface area contributed by atoms with Crippen molar-refractivity contribution in [1.29, 1.82) is 0 Å². The molecule has 0 aliphatic rings. The van der Waals surface area contributed by atoms with Crippen LogP contribution in [-0.4, -0.2) is 40.3 Å². The largest absolute Gasteiger partial charge is 0.356 e. The van der Waals surface area contributed by atoms with Gasteiger partial charge >= 0.3 is 0 Å². The van der Waals surface area contributed by atoms with Crippen molar-refractivity contribution in [1.82, 2.24) is 15.4 Å². The van der Waals surface area contributed by atoms with Gasteiger partial charge in [-0.05, 0) is 31.5 Å². The molecule has 0 aromatic heterocycles. The third-order valence-corrected chi connectivity index (χ3v) is 4.43. The third-order valence-electron chi connectivity index (χ3n) is 3.03. The van der Waals surface area contributed by atoms with Crippen molar-refractivity contribution >= 4 is 40.0 Å². The van der Waals surface area contributed by atoms with E-state index in [1.165, 1.54) is 0 Å². The van der Waals surface area contributed by atoms with Gasteiger partial charge in [-0.3, -0.25) is 4.99 Å². The fourth-order valence-corrected chi connectivity index (χ4v) is 2.36. The van der Waals surface area contributed by atoms with Crippen LogP contribution >= 0.6 is 24.0 Å². The van der Waals surface area contributed by atoms with Crippen LogP contribution in [-0.2, 0) is 16.6 Å². The highest BCUT2D eigenvalue weighted by Gasteiger charge is 2.06. The smallest absolute Gasteiger partial charge is 0.211 e. The Bertz CT molecular complexity index is 642. The summed E-state index contributed by atoms with van der Waals surface area (Å²) in [4.78, 5) is 3.96. The van der Waals surface area contributed by atoms with Crippen LogP contribution in [0.3, 0.4) is 0 Å². The Hall–Kier alpha value is -1.01. The molecule has 0 aliphatic carbocycles. The first-order chi connectivity index (χ1) is 10.9. The van der Waals surface area contributed by atoms with Gasteiger partial charge in [0, 0.05) is 32.2 Å². The molecule has 0 heterocycles. The lowest BCUT2D eigenvalue weighted by Crippen LogP contribution is -2.38. The van der Waals surface area contributed by atoms with Crippen LogP contribution in [0.5, 0.6) is 0 Å². The minimum Gasteiger partial charge on any atom is -0.356 e. The van der Waals surface area contributed by atoms with E-state index in [0.717, 1.165) is 18.2 Å². The van der Waals surface area contributed by atoms with Crippen molar-refractivity contribution in [3.63, 3.8) is 0 Å². The van der Waals surface area contributed by atoms with E-state index >= 15 is 0 Å². The zero-order chi connectivity index (χ0) is 17.3. The van der Waals surface area contributed by atoms with Gasteiger partial charge in [0.25, 0.3) is 0 Å². The standard InChI is InChI=1S/C14H22F2N4O2S.HI/c1-3-23(21,22)20-8-4-7-18-14(17-2)19-10-11-9-12(15)5-6-13(11)16;/h5-6,9,20H,3-4,7-8,10H2,1-2H3,(H2,17,18,19);1H. The zero-order valence-electron chi connectivity index (χ0n) is 13.6. The van der Waals surface area contributed by atoms with Gasteiger partial charge in [0.15, 0.2) is 5.96 Å². The van der Waals surface area contributed by atoms with Crippen molar-refractivity contribution in [3.05, 3.63) is 35.4 Å². The first-order valence-corrected chi connectivity index (χ1v) is 8.89. The average Bonchev–Trinajstić information content (AvgIpc) is 2.53. The maximum Gasteiger partial charge on any atom is 0.211 e. The van der Waals surface area contributed by atoms with Gasteiger partial charge in [0.05, 0.1) is 5.75 Å². The lowest BCUT2D eigenvalue weighted by atomic mass is 10.2. The normalized spacial score (nSPS) is 11.8. The molecule has 0 spiro atoms. The lowest BCUT2D eigenvalue weighted by molar-refractivity contribution is 0.578. The second kappa shape index (κ2) is 11.5. The van der Waals surface area contributed by atoms with Crippen LogP contribution < -0.4 is 15.4 Å². The van der Waals surface area contributed by atoms with Crippen LogP contribution in [0.25, 0.3) is 0 Å². The molecule has 0 saturated carbocycles. The summed E-state index contributed by atoms with van der Waals surface area (Å²) in [6.07, 6.45) is 0.564. The molecule has 0 bridgehead atoms. The first kappa shape index (κ1) is 23.0. The molecule has 0 atom stereocenters. The number of nitrogens with one attached hydrogen (secondary N) is 3. The number of guanidine groups is 1. The molecule has 0 aliphatic heterocycles. The van der Waals surface area contributed by atoms with E-state index in [2.05, 4.69) is 20.3 Å². The topological polar surface area (TPSA) is 82.6 Å². The van der Waals surface area contributed by atoms with Crippen LogP contribution in [0.15, 0.2) is 23.2 Å². The summed E-state index contributed by atoms with van der Waals surface area (Å²) in [6, 6.07) is 3.25. The van der Waals surface area contributed by atoms with Crippen molar-refractivity contribution in [2.75, 3.05) is 25.9 Å². The first-order valence-electron chi connectivity index (χ1n) is 7.23. The number of sulfonamides is 1. The summed E-state index contributed by atoms with van der Waals surface area (Å²) in [5, 5.41) is 5.83. The van der Waals surface area contributed by atoms with Gasteiger partial charge in [-0.2, -0.15) is 0 Å². The molecule has 0 saturated heterocycles. The van der Waals surface area contributed by atoms with Crippen LogP contribution in [0, 0.1) is 11.6 Å². The quantitative estimate of drug-likeness (QED) is 0.230. The van der Waals surface area contributed by atoms with Crippen molar-refractivity contribution in [2.45, 2.75) is 19.9 Å². The van der Waals surface area contributed by atoms with Crippen molar-refractivity contribution < 1.29 is 17.2 Å². The molecule has 24 heavy (non-hydrogen) atoms. The molecule has 10 heteroatoms. The van der Waals surface area contributed by atoms with E-state index < -0.39 is 21.7 Å². The van der Waals surface area contributed by atoms with Gasteiger partial charge in [-0.1, -0.05) is 0 Å². The highest BCUT2D eigenvalue weighted by Crippen LogP contribution is 2.08. The van der Waals surface area contributed by atoms with Crippen molar-refractivity contribution in [3.8, 4) is 0 Å². The molecule has 1 aromatic rings. The van der Waals surface area contributed by atoms with Crippen LogP contribution in [0.1, 0.15) is 18.9 Å². The maximum absolute atomic E-state index is 13.5. The van der Waals surface area contributed by atoms with Gasteiger partial charge in [0.1, 0.15) is 11.6 Å². The number of hydrogen-bond acceptors (Lipinski definition) is 3. The van der Waals surface area contributed by atoms with Gasteiger partial charge < -0.3 is 10.6 Å². The Morgan fingerprint density at radius 1 is 1.21 bits per heavy atom. The summed E-state index contributed by atoms with van der Waals surface area (Å²) in [5.41, 5.74) is 0.198. The average molecular weight is 476 g/mol. The Kier molecular flexibility index (Phi) is 11.0. The maximum atomic E-state index is 13.5. The SMILES string of the molecule is CCS(=O)(=O)NCCCNC(=NC)NCc1cc(F)ccc1F.I. The number of nitrogens with zero attached hydrogens (tertiary/aromatic N) is 1. The van der Waals surface area contributed by atoms with Gasteiger partial charge in [-0.25, -0.2) is 21.9 Å². The van der Waals surface area contributed by atoms with E-state index in [1.54, 1.807) is 14.0 Å². The Balaban J connectivity index is 0.00000529. The number of hydrogen-bond donors (Lipinski definition) is 3. The summed E-state index contributed by atoms with van der Waals surface area (Å²) in [6.45, 7) is 2.46. The summed E-state index contributed by atoms with van der Waals surface area (Å²) >= 11 is 0. The number of aliphatic imine (C=N–C) groups is 1. The summed E-state index contributed by atoms with van der Waals surface area (Å²) in [5.74, 6) is -0.534. The molecular formula is C14H23F2IN4O2S. The van der Waals surface area contributed by atoms with E-state index in [0.29, 0.717) is 25.5 Å². The molecule has 1 rings (SSSR count). The Morgan fingerprint density at radius 3 is 2.54 bits per heavy atom. The second-order valence-corrected chi connectivity index (χ2v) is 6.84. The molecule has 6 nitrogen and oxygen atoms in total. The highest BCUT2D eigenvalue weighted by molar-refractivity contribution is 14.0. The molecule has 0 fully saturated rings. The number of benzene rings is 1. The fourth-order valence-electron chi connectivity index (χ4n) is 1.70. The Morgan fingerprint density at radius 2 is 1.92 bits per heavy atom. The van der Waals surface area contributed by atoms with Crippen molar-refractivity contribution in [2.24, 2.45) is 4.99 Å². The lowest BCUT2D eigenvalue weighted by Gasteiger charge is -2.12. The number of rotatable bonds is 8. The predicted molar refractivity (Wildman–Crippen MR) is 102 cm³/mol. The molecule has 0 unspecified atom stereocenters. The molecule has 0 amide bonds. The van der Waals surface area contributed by atoms with E-state index in [4.69, 9.17) is 0 Å². The minimum atomic E-state index is -3.18. The molecular weight excluding hydrogens is 453 g/mol. The minimum absolute atomic E-state index is 0. The third kappa shape index (κ3) is 8.73. The van der Waals surface area contributed by atoms with Crippen LogP contribution in [0.2, 0.25) is 0 Å².